The van der Waals surface area contributed by atoms with Crippen LogP contribution in [0.4, 0.5) is 4.79 Å². The third-order valence-electron chi connectivity index (χ3n) is 1.17. The smallest absolute Gasteiger partial charge is 0.404 e. The fourth-order valence-corrected chi connectivity index (χ4v) is 0.707. The van der Waals surface area contributed by atoms with Crippen molar-refractivity contribution in [2.75, 3.05) is 6.61 Å². The van der Waals surface area contributed by atoms with Crippen molar-refractivity contribution >= 4 is 6.09 Å². The fourth-order valence-electron chi connectivity index (χ4n) is 0.707. The summed E-state index contributed by atoms with van der Waals surface area (Å²) in [6.07, 6.45) is 1.38. The van der Waals surface area contributed by atoms with Gasteiger partial charge in [0.1, 0.15) is 12.4 Å². The second-order valence-corrected chi connectivity index (χ2v) is 2.00. The third kappa shape index (κ3) is 2.75. The molecule has 4 nitrogen and oxygen atoms in total. The summed E-state index contributed by atoms with van der Waals surface area (Å²) in [6, 6.07) is 3.59. The average molecular weight is 155 g/mol. The van der Waals surface area contributed by atoms with Gasteiger partial charge in [0.05, 0.1) is 6.26 Å². The Morgan fingerprint density at radius 3 is 3.09 bits per heavy atom. The number of hydrogen-bond acceptors (Lipinski definition) is 3. The van der Waals surface area contributed by atoms with Gasteiger partial charge in [-0.1, -0.05) is 0 Å². The zero-order valence-corrected chi connectivity index (χ0v) is 5.95. The molecule has 0 bridgehead atoms. The van der Waals surface area contributed by atoms with E-state index in [-0.39, 0.29) is 6.61 Å². The van der Waals surface area contributed by atoms with Gasteiger partial charge in [-0.2, -0.15) is 0 Å². The first-order valence-corrected chi connectivity index (χ1v) is 3.23. The lowest BCUT2D eigenvalue weighted by atomic mass is 10.3. The Labute approximate surface area is 63.9 Å². The molecule has 0 spiro atoms. The number of amides is 1. The molecule has 1 amide bonds. The molecule has 1 aromatic rings. The number of carbonyl (C=O) groups excluding carboxylic acids is 1. The van der Waals surface area contributed by atoms with Gasteiger partial charge in [-0.25, -0.2) is 4.79 Å². The van der Waals surface area contributed by atoms with E-state index < -0.39 is 6.09 Å². The molecular formula is C7H9NO3. The lowest BCUT2D eigenvalue weighted by Gasteiger charge is -1.97. The van der Waals surface area contributed by atoms with Gasteiger partial charge in [-0.15, -0.1) is 0 Å². The molecule has 60 valence electrons. The van der Waals surface area contributed by atoms with Crippen molar-refractivity contribution < 1.29 is 13.9 Å². The van der Waals surface area contributed by atoms with E-state index in [1.54, 1.807) is 12.3 Å². The Balaban J connectivity index is 2.19. The Morgan fingerprint density at radius 2 is 2.55 bits per heavy atom. The molecule has 0 unspecified atom stereocenters. The van der Waals surface area contributed by atoms with Gasteiger partial charge in [0.15, 0.2) is 0 Å². The van der Waals surface area contributed by atoms with Crippen LogP contribution in [-0.2, 0) is 11.2 Å². The summed E-state index contributed by atoms with van der Waals surface area (Å²) in [7, 11) is 0. The van der Waals surface area contributed by atoms with E-state index in [2.05, 4.69) is 4.74 Å². The van der Waals surface area contributed by atoms with Crippen LogP contribution in [0.25, 0.3) is 0 Å². The van der Waals surface area contributed by atoms with Gasteiger partial charge in [0, 0.05) is 6.42 Å². The zero-order valence-electron chi connectivity index (χ0n) is 5.95. The van der Waals surface area contributed by atoms with Gasteiger partial charge in [-0.3, -0.25) is 0 Å². The minimum Gasteiger partial charge on any atom is -0.469 e. The van der Waals surface area contributed by atoms with Gasteiger partial charge < -0.3 is 14.9 Å². The minimum atomic E-state index is -0.753. The van der Waals surface area contributed by atoms with Crippen LogP contribution >= 0.6 is 0 Å². The molecule has 2 N–H and O–H groups in total. The number of furan rings is 1. The molecule has 11 heavy (non-hydrogen) atoms. The average Bonchev–Trinajstić information content (AvgIpc) is 2.39. The van der Waals surface area contributed by atoms with Gasteiger partial charge in [0.2, 0.25) is 0 Å². The predicted octanol–water partition coefficient (Wildman–Crippen LogP) is 0.917. The van der Waals surface area contributed by atoms with E-state index in [1.165, 1.54) is 0 Å². The molecule has 0 aromatic carbocycles. The van der Waals surface area contributed by atoms with Crippen LogP contribution in [0.2, 0.25) is 0 Å². The number of carbonyl (C=O) groups is 1. The summed E-state index contributed by atoms with van der Waals surface area (Å²) in [4.78, 5) is 10.1. The molecule has 0 aliphatic rings. The zero-order chi connectivity index (χ0) is 8.10. The van der Waals surface area contributed by atoms with Crippen molar-refractivity contribution in [3.8, 4) is 0 Å². The quantitative estimate of drug-likeness (QED) is 0.705. The van der Waals surface area contributed by atoms with Gasteiger partial charge >= 0.3 is 6.09 Å². The molecule has 1 heterocycles. The lowest BCUT2D eigenvalue weighted by Crippen LogP contribution is -2.14. The molecule has 0 aliphatic carbocycles. The van der Waals surface area contributed by atoms with Crippen LogP contribution in [0.5, 0.6) is 0 Å². The highest BCUT2D eigenvalue weighted by molar-refractivity contribution is 5.64. The van der Waals surface area contributed by atoms with Crippen LogP contribution in [0, 0.1) is 0 Å². The van der Waals surface area contributed by atoms with E-state index in [0.29, 0.717) is 6.42 Å². The second kappa shape index (κ2) is 3.65. The summed E-state index contributed by atoms with van der Waals surface area (Å²) in [5.41, 5.74) is 4.74. The van der Waals surface area contributed by atoms with Crippen molar-refractivity contribution in [2.24, 2.45) is 5.73 Å². The number of primary amides is 1. The number of nitrogens with two attached hydrogens (primary N) is 1. The minimum absolute atomic E-state index is 0.267. The molecule has 1 rings (SSSR count). The number of ether oxygens (including phenoxy) is 1. The van der Waals surface area contributed by atoms with Crippen molar-refractivity contribution in [3.05, 3.63) is 24.2 Å². The molecule has 1 aromatic heterocycles. The van der Waals surface area contributed by atoms with Crippen molar-refractivity contribution in [1.29, 1.82) is 0 Å². The molecular weight excluding hydrogens is 146 g/mol. The Kier molecular flexibility index (Phi) is 2.54. The first-order chi connectivity index (χ1) is 5.29. The van der Waals surface area contributed by atoms with Crippen LogP contribution in [0.15, 0.2) is 22.8 Å². The summed E-state index contributed by atoms with van der Waals surface area (Å²) in [5, 5.41) is 0. The topological polar surface area (TPSA) is 65.5 Å². The molecule has 0 fully saturated rings. The first-order valence-electron chi connectivity index (χ1n) is 3.23. The molecule has 0 aliphatic heterocycles. The van der Waals surface area contributed by atoms with Crippen LogP contribution < -0.4 is 5.73 Å². The molecule has 0 saturated heterocycles. The predicted molar refractivity (Wildman–Crippen MR) is 37.9 cm³/mol. The SMILES string of the molecule is NC(=O)OCCc1ccco1. The Hall–Kier alpha value is -1.45. The van der Waals surface area contributed by atoms with Gasteiger partial charge in [0.25, 0.3) is 0 Å². The van der Waals surface area contributed by atoms with Crippen LogP contribution in [0.3, 0.4) is 0 Å². The number of hydrogen-bond donors (Lipinski definition) is 1. The van der Waals surface area contributed by atoms with E-state index in [1.807, 2.05) is 6.07 Å². The maximum atomic E-state index is 10.1. The standard InChI is InChI=1S/C7H9NO3/c8-7(9)11-5-3-6-2-1-4-10-6/h1-2,4H,3,5H2,(H2,8,9). The molecule has 4 heteroatoms. The van der Waals surface area contributed by atoms with E-state index in [0.717, 1.165) is 5.76 Å². The lowest BCUT2D eigenvalue weighted by molar-refractivity contribution is 0.156. The normalized spacial score (nSPS) is 9.45. The third-order valence-corrected chi connectivity index (χ3v) is 1.17. The van der Waals surface area contributed by atoms with Crippen molar-refractivity contribution in [1.82, 2.24) is 0 Å². The highest BCUT2D eigenvalue weighted by atomic mass is 16.5. The second-order valence-electron chi connectivity index (χ2n) is 2.00. The monoisotopic (exact) mass is 155 g/mol. The molecule has 0 atom stereocenters. The number of rotatable bonds is 3. The summed E-state index contributed by atoms with van der Waals surface area (Å²) in [6.45, 7) is 0.267. The van der Waals surface area contributed by atoms with Crippen LogP contribution in [-0.4, -0.2) is 12.7 Å². The van der Waals surface area contributed by atoms with E-state index >= 15 is 0 Å². The molecule has 0 saturated carbocycles. The maximum Gasteiger partial charge on any atom is 0.404 e. The maximum absolute atomic E-state index is 10.1. The largest absolute Gasteiger partial charge is 0.469 e. The summed E-state index contributed by atoms with van der Waals surface area (Å²) >= 11 is 0. The van der Waals surface area contributed by atoms with E-state index in [9.17, 15) is 4.79 Å². The molecule has 0 radical (unpaired) electrons. The van der Waals surface area contributed by atoms with Crippen molar-refractivity contribution in [3.63, 3.8) is 0 Å². The Morgan fingerprint density at radius 1 is 1.73 bits per heavy atom. The highest BCUT2D eigenvalue weighted by Gasteiger charge is 1.96. The van der Waals surface area contributed by atoms with Gasteiger partial charge in [-0.05, 0) is 12.1 Å². The van der Waals surface area contributed by atoms with E-state index in [4.69, 9.17) is 10.2 Å². The van der Waals surface area contributed by atoms with Crippen LogP contribution in [0.1, 0.15) is 5.76 Å². The highest BCUT2D eigenvalue weighted by Crippen LogP contribution is 2.00. The first kappa shape index (κ1) is 7.65. The summed E-state index contributed by atoms with van der Waals surface area (Å²) < 4.78 is 9.48. The summed E-state index contributed by atoms with van der Waals surface area (Å²) in [5.74, 6) is 0.784. The van der Waals surface area contributed by atoms with Crippen molar-refractivity contribution in [2.45, 2.75) is 6.42 Å². The Bertz CT molecular complexity index is 218. The fraction of sp³-hybridized carbons (Fsp3) is 0.286.